The summed E-state index contributed by atoms with van der Waals surface area (Å²) >= 11 is 5.97. The molecule has 0 aliphatic heterocycles. The molecule has 0 heterocycles. The lowest BCUT2D eigenvalue weighted by molar-refractivity contribution is -0.119. The molecule has 0 atom stereocenters. The number of carbonyl (C=O) groups excluding carboxylic acids is 3. The lowest BCUT2D eigenvalue weighted by Gasteiger charge is -2.14. The Bertz CT molecular complexity index is 1150. The van der Waals surface area contributed by atoms with Gasteiger partial charge in [-0.15, -0.1) is 0 Å². The number of carbonyl (C=O) groups is 3. The molecule has 0 spiro atoms. The lowest BCUT2D eigenvalue weighted by atomic mass is 10.1. The minimum atomic E-state index is -3.88. The Morgan fingerprint density at radius 1 is 1.09 bits per heavy atom. The van der Waals surface area contributed by atoms with Crippen molar-refractivity contribution in [1.29, 1.82) is 0 Å². The highest BCUT2D eigenvalue weighted by atomic mass is 35.5. The van der Waals surface area contributed by atoms with Crippen LogP contribution >= 0.6 is 11.6 Å². The normalized spacial score (nSPS) is 11.4. The Kier molecular flexibility index (Phi) is 8.98. The number of nitrogens with one attached hydrogen (secondary N) is 2. The van der Waals surface area contributed by atoms with E-state index in [9.17, 15) is 22.8 Å². The molecule has 0 unspecified atom stereocenters. The van der Waals surface area contributed by atoms with Crippen LogP contribution in [-0.2, 0) is 19.6 Å². The Morgan fingerprint density at radius 2 is 1.76 bits per heavy atom. The molecule has 2 aromatic rings. The van der Waals surface area contributed by atoms with Crippen LogP contribution in [0.4, 0.5) is 5.69 Å². The highest BCUT2D eigenvalue weighted by Gasteiger charge is 2.23. The third kappa shape index (κ3) is 7.01. The number of sulfonamides is 1. The molecule has 0 bridgehead atoms. The van der Waals surface area contributed by atoms with Crippen LogP contribution in [0.1, 0.15) is 34.6 Å². The number of benzene rings is 2. The summed E-state index contributed by atoms with van der Waals surface area (Å²) in [6, 6.07) is 10.1. The SMILES string of the molecule is CC(C)CNC(=O)c1ccccc1NC(=O)COC(=O)c1ccc(Cl)c(S(=O)(=O)N(C)C)c1. The van der Waals surface area contributed by atoms with Gasteiger partial charge in [-0.1, -0.05) is 37.6 Å². The van der Waals surface area contributed by atoms with Gasteiger partial charge in [0.1, 0.15) is 4.90 Å². The second-order valence-corrected chi connectivity index (χ2v) is 10.2. The molecule has 2 rings (SSSR count). The van der Waals surface area contributed by atoms with Gasteiger partial charge in [-0.3, -0.25) is 9.59 Å². The summed E-state index contributed by atoms with van der Waals surface area (Å²) in [6.07, 6.45) is 0. The molecule has 33 heavy (non-hydrogen) atoms. The van der Waals surface area contributed by atoms with Gasteiger partial charge in [0.2, 0.25) is 10.0 Å². The number of anilines is 1. The highest BCUT2D eigenvalue weighted by Crippen LogP contribution is 2.25. The van der Waals surface area contributed by atoms with Crippen LogP contribution in [0.25, 0.3) is 0 Å². The fraction of sp³-hybridized carbons (Fsp3) is 0.318. The zero-order valence-corrected chi connectivity index (χ0v) is 20.3. The Morgan fingerprint density at radius 3 is 2.39 bits per heavy atom. The molecule has 0 saturated heterocycles. The maximum Gasteiger partial charge on any atom is 0.338 e. The minimum absolute atomic E-state index is 0.0506. The number of hydrogen-bond donors (Lipinski definition) is 2. The van der Waals surface area contributed by atoms with Gasteiger partial charge in [0.25, 0.3) is 11.8 Å². The van der Waals surface area contributed by atoms with Crippen molar-refractivity contribution in [3.8, 4) is 0 Å². The molecule has 11 heteroatoms. The second-order valence-electron chi connectivity index (χ2n) is 7.71. The number of esters is 1. The van der Waals surface area contributed by atoms with Crippen molar-refractivity contribution in [2.24, 2.45) is 5.92 Å². The average molecular weight is 496 g/mol. The lowest BCUT2D eigenvalue weighted by Crippen LogP contribution is -2.29. The molecule has 178 valence electrons. The Labute approximate surface area is 198 Å². The number of nitrogens with zero attached hydrogens (tertiary/aromatic N) is 1. The first-order valence-corrected chi connectivity index (χ1v) is 11.8. The number of hydrogen-bond acceptors (Lipinski definition) is 6. The van der Waals surface area contributed by atoms with E-state index in [1.54, 1.807) is 24.3 Å². The summed E-state index contributed by atoms with van der Waals surface area (Å²) in [5, 5.41) is 5.27. The molecular formula is C22H26ClN3O6S. The summed E-state index contributed by atoms with van der Waals surface area (Å²) in [7, 11) is -1.21. The molecule has 0 radical (unpaired) electrons. The van der Waals surface area contributed by atoms with Crippen LogP contribution in [0.2, 0.25) is 5.02 Å². The van der Waals surface area contributed by atoms with Crippen LogP contribution in [0.3, 0.4) is 0 Å². The average Bonchev–Trinajstić information content (AvgIpc) is 2.76. The monoisotopic (exact) mass is 495 g/mol. The van der Waals surface area contributed by atoms with Crippen LogP contribution in [0, 0.1) is 5.92 Å². The van der Waals surface area contributed by atoms with Crippen molar-refractivity contribution in [2.45, 2.75) is 18.7 Å². The minimum Gasteiger partial charge on any atom is -0.452 e. The van der Waals surface area contributed by atoms with Crippen LogP contribution < -0.4 is 10.6 Å². The Hall–Kier alpha value is -2.95. The summed E-state index contributed by atoms with van der Waals surface area (Å²) in [5.74, 6) is -1.65. The van der Waals surface area contributed by atoms with E-state index < -0.39 is 28.5 Å². The van der Waals surface area contributed by atoms with Gasteiger partial charge >= 0.3 is 5.97 Å². The van der Waals surface area contributed by atoms with E-state index in [0.29, 0.717) is 6.54 Å². The summed E-state index contributed by atoms with van der Waals surface area (Å²) in [5.41, 5.74) is 0.459. The predicted molar refractivity (Wildman–Crippen MR) is 125 cm³/mol. The van der Waals surface area contributed by atoms with E-state index in [4.69, 9.17) is 16.3 Å². The van der Waals surface area contributed by atoms with E-state index in [2.05, 4.69) is 10.6 Å². The first kappa shape index (κ1) is 26.3. The Balaban J connectivity index is 2.07. The largest absolute Gasteiger partial charge is 0.452 e. The smallest absolute Gasteiger partial charge is 0.338 e. The highest BCUT2D eigenvalue weighted by molar-refractivity contribution is 7.89. The topological polar surface area (TPSA) is 122 Å². The van der Waals surface area contributed by atoms with E-state index in [0.717, 1.165) is 10.4 Å². The van der Waals surface area contributed by atoms with Crippen molar-refractivity contribution in [3.05, 3.63) is 58.6 Å². The van der Waals surface area contributed by atoms with Gasteiger partial charge in [0.15, 0.2) is 6.61 Å². The molecular weight excluding hydrogens is 470 g/mol. The summed E-state index contributed by atoms with van der Waals surface area (Å²) in [6.45, 7) is 3.76. The maximum atomic E-state index is 12.4. The van der Waals surface area contributed by atoms with Crippen LogP contribution in [-0.4, -0.2) is 57.8 Å². The summed E-state index contributed by atoms with van der Waals surface area (Å²) in [4.78, 5) is 36.8. The molecule has 9 nitrogen and oxygen atoms in total. The van der Waals surface area contributed by atoms with Gasteiger partial charge in [-0.2, -0.15) is 0 Å². The second kappa shape index (κ2) is 11.3. The predicted octanol–water partition coefficient (Wildman–Crippen LogP) is 2.77. The van der Waals surface area contributed by atoms with Gasteiger partial charge < -0.3 is 15.4 Å². The van der Waals surface area contributed by atoms with Crippen LogP contribution in [0.5, 0.6) is 0 Å². The van der Waals surface area contributed by atoms with Gasteiger partial charge in [-0.25, -0.2) is 17.5 Å². The number of halogens is 1. The third-order valence-electron chi connectivity index (χ3n) is 4.38. The quantitative estimate of drug-likeness (QED) is 0.516. The molecule has 0 saturated carbocycles. The van der Waals surface area contributed by atoms with E-state index in [1.807, 2.05) is 13.8 Å². The zero-order chi connectivity index (χ0) is 24.8. The molecule has 2 aromatic carbocycles. The first-order chi connectivity index (χ1) is 15.4. The van der Waals surface area contributed by atoms with Crippen LogP contribution in [0.15, 0.2) is 47.4 Å². The van der Waals surface area contributed by atoms with Crippen molar-refractivity contribution >= 4 is 45.1 Å². The van der Waals surface area contributed by atoms with Gasteiger partial charge in [0.05, 0.1) is 21.8 Å². The number of rotatable bonds is 9. The van der Waals surface area contributed by atoms with E-state index in [1.165, 1.54) is 26.2 Å². The van der Waals surface area contributed by atoms with Gasteiger partial charge in [-0.05, 0) is 36.2 Å². The maximum absolute atomic E-state index is 12.4. The fourth-order valence-electron chi connectivity index (χ4n) is 2.61. The van der Waals surface area contributed by atoms with Gasteiger partial charge in [0, 0.05) is 20.6 Å². The molecule has 0 aliphatic carbocycles. The van der Waals surface area contributed by atoms with Crippen molar-refractivity contribution in [3.63, 3.8) is 0 Å². The number of para-hydroxylation sites is 1. The standard InChI is InChI=1S/C22H26ClN3O6S/c1-14(2)12-24-21(28)16-7-5-6-8-18(16)25-20(27)13-32-22(29)15-9-10-17(23)19(11-15)33(30,31)26(3)4/h5-11,14H,12-13H2,1-4H3,(H,24,28)(H,25,27). The first-order valence-electron chi connectivity index (χ1n) is 9.99. The van der Waals surface area contributed by atoms with Crippen molar-refractivity contribution < 1.29 is 27.5 Å². The molecule has 2 N–H and O–H groups in total. The zero-order valence-electron chi connectivity index (χ0n) is 18.7. The van der Waals surface area contributed by atoms with E-state index in [-0.39, 0.29) is 38.6 Å². The number of amides is 2. The number of ether oxygens (including phenoxy) is 1. The fourth-order valence-corrected chi connectivity index (χ4v) is 4.00. The third-order valence-corrected chi connectivity index (χ3v) is 6.67. The molecule has 0 fully saturated rings. The molecule has 0 aliphatic rings. The van der Waals surface area contributed by atoms with E-state index >= 15 is 0 Å². The van der Waals surface area contributed by atoms with Crippen molar-refractivity contribution in [2.75, 3.05) is 32.6 Å². The van der Waals surface area contributed by atoms with Crippen molar-refractivity contribution in [1.82, 2.24) is 9.62 Å². The summed E-state index contributed by atoms with van der Waals surface area (Å²) < 4.78 is 30.7. The molecule has 2 amide bonds. The molecule has 0 aromatic heterocycles.